The van der Waals surface area contributed by atoms with E-state index in [4.69, 9.17) is 4.99 Å². The van der Waals surface area contributed by atoms with Gasteiger partial charge in [-0.2, -0.15) is 0 Å². The molecule has 2 heterocycles. The lowest BCUT2D eigenvalue weighted by Gasteiger charge is -2.40. The molecule has 3 unspecified atom stereocenters. The van der Waals surface area contributed by atoms with Crippen LogP contribution < -0.4 is 0 Å². The Balaban J connectivity index is 1.16. The summed E-state index contributed by atoms with van der Waals surface area (Å²) in [4.78, 5) is 5.51. The Morgan fingerprint density at radius 3 is 2.23 bits per heavy atom. The van der Waals surface area contributed by atoms with Crippen LogP contribution in [0.1, 0.15) is 41.0 Å². The van der Waals surface area contributed by atoms with E-state index in [9.17, 15) is 0 Å². The largest absolute Gasteiger partial charge is 0.252 e. The smallest absolute Gasteiger partial charge is 0.0668 e. The van der Waals surface area contributed by atoms with E-state index in [0.29, 0.717) is 11.8 Å². The van der Waals surface area contributed by atoms with E-state index in [-0.39, 0.29) is 5.92 Å². The van der Waals surface area contributed by atoms with Crippen molar-refractivity contribution in [2.75, 3.05) is 0 Å². The lowest BCUT2D eigenvalue weighted by atomic mass is 9.65. The molecule has 1 nitrogen and oxygen atoms in total. The number of fused-ring (bicyclic) bond motifs is 9. The minimum absolute atomic E-state index is 0.224. The molecule has 0 fully saturated rings. The molecule has 3 atom stereocenters. The van der Waals surface area contributed by atoms with E-state index in [0.717, 1.165) is 12.1 Å². The zero-order chi connectivity index (χ0) is 31.8. The number of benzene rings is 7. The summed E-state index contributed by atoms with van der Waals surface area (Å²) in [6.07, 6.45) is 0.992. The number of para-hydroxylation sites is 1. The zero-order valence-electron chi connectivity index (χ0n) is 26.7. The fourth-order valence-electron chi connectivity index (χ4n) is 8.64. The van der Waals surface area contributed by atoms with E-state index < -0.39 is 0 Å². The molecule has 228 valence electrons. The highest BCUT2D eigenvalue weighted by molar-refractivity contribution is 7.26. The van der Waals surface area contributed by atoms with Crippen LogP contribution in [-0.2, 0) is 6.42 Å². The van der Waals surface area contributed by atoms with E-state index in [1.165, 1.54) is 81.2 Å². The molecule has 7 aromatic carbocycles. The number of hydrogen-bond donors (Lipinski definition) is 0. The molecular formula is C46H33NS. The van der Waals surface area contributed by atoms with Crippen molar-refractivity contribution < 1.29 is 0 Å². The van der Waals surface area contributed by atoms with Crippen molar-refractivity contribution in [2.24, 2.45) is 10.9 Å². The van der Waals surface area contributed by atoms with Gasteiger partial charge >= 0.3 is 0 Å². The van der Waals surface area contributed by atoms with Crippen molar-refractivity contribution >= 4 is 53.7 Å². The lowest BCUT2D eigenvalue weighted by Crippen LogP contribution is -2.33. The fourth-order valence-corrected chi connectivity index (χ4v) is 9.92. The summed E-state index contributed by atoms with van der Waals surface area (Å²) in [6.45, 7) is 2.43. The maximum atomic E-state index is 5.51. The molecule has 1 aliphatic heterocycles. The second-order valence-electron chi connectivity index (χ2n) is 13.5. The van der Waals surface area contributed by atoms with Crippen molar-refractivity contribution in [3.8, 4) is 22.3 Å². The summed E-state index contributed by atoms with van der Waals surface area (Å²) in [5.74, 6) is 0.833. The second-order valence-corrected chi connectivity index (χ2v) is 14.5. The minimum atomic E-state index is 0.224. The predicted molar refractivity (Wildman–Crippen MR) is 205 cm³/mol. The second kappa shape index (κ2) is 10.9. The van der Waals surface area contributed by atoms with Crippen molar-refractivity contribution in [3.63, 3.8) is 0 Å². The molecule has 0 saturated carbocycles. The van der Waals surface area contributed by atoms with Gasteiger partial charge in [-0.15, -0.1) is 11.3 Å². The van der Waals surface area contributed by atoms with Crippen LogP contribution in [0.2, 0.25) is 0 Å². The molecule has 1 aliphatic carbocycles. The molecule has 48 heavy (non-hydrogen) atoms. The molecule has 0 bridgehead atoms. The van der Waals surface area contributed by atoms with Crippen LogP contribution in [0, 0.1) is 5.92 Å². The summed E-state index contributed by atoms with van der Waals surface area (Å²) in [7, 11) is 0. The van der Waals surface area contributed by atoms with Gasteiger partial charge in [0.2, 0.25) is 0 Å². The average molecular weight is 632 g/mol. The Hall–Kier alpha value is -5.31. The first-order chi connectivity index (χ1) is 23.7. The van der Waals surface area contributed by atoms with E-state index in [1.54, 1.807) is 0 Å². The van der Waals surface area contributed by atoms with Crippen LogP contribution in [0.25, 0.3) is 53.2 Å². The van der Waals surface area contributed by atoms with Crippen LogP contribution >= 0.6 is 11.3 Å². The number of rotatable bonds is 3. The van der Waals surface area contributed by atoms with Gasteiger partial charge in [-0.25, -0.2) is 0 Å². The molecule has 0 N–H and O–H groups in total. The summed E-state index contributed by atoms with van der Waals surface area (Å²) in [5, 5.41) is 5.39. The normalized spacial score (nSPS) is 18.4. The van der Waals surface area contributed by atoms with Gasteiger partial charge in [-0.1, -0.05) is 134 Å². The molecule has 0 saturated heterocycles. The average Bonchev–Trinajstić information content (AvgIpc) is 3.52. The highest BCUT2D eigenvalue weighted by atomic mass is 32.1. The molecule has 10 rings (SSSR count). The highest BCUT2D eigenvalue weighted by Gasteiger charge is 2.40. The van der Waals surface area contributed by atoms with Crippen LogP contribution in [0.4, 0.5) is 5.69 Å². The van der Waals surface area contributed by atoms with Gasteiger partial charge in [-0.3, -0.25) is 4.99 Å². The first-order valence-corrected chi connectivity index (χ1v) is 17.8. The Morgan fingerprint density at radius 1 is 0.562 bits per heavy atom. The molecule has 2 aliphatic rings. The molecule has 0 radical (unpaired) electrons. The number of hydrogen-bond acceptors (Lipinski definition) is 2. The van der Waals surface area contributed by atoms with Gasteiger partial charge in [0.1, 0.15) is 0 Å². The summed E-state index contributed by atoms with van der Waals surface area (Å²) in [5.41, 5.74) is 13.0. The van der Waals surface area contributed by atoms with E-state index in [2.05, 4.69) is 159 Å². The molecule has 8 aromatic rings. The SMILES string of the molecule is CC1c2ccccc2N=C(c2cccc(-c3ccccc3)c2)C1C1Cc2cc3sc4c5ccccc5ccc4c3cc2-c2ccccc21. The third kappa shape index (κ3) is 4.26. The third-order valence-electron chi connectivity index (χ3n) is 10.9. The molecule has 0 amide bonds. The first-order valence-electron chi connectivity index (χ1n) is 17.0. The molecule has 2 heteroatoms. The standard InChI is InChI=1S/C46H33NS/c1-28-34-17-9-10-21-42(34)47-45(32-16-11-15-31(24-32)29-12-3-2-4-13-29)44(28)41-25-33-26-43-40(27-39(33)36-19-7-8-20-37(36)41)38-23-22-30-14-5-6-18-35(30)46(38)48-43/h2-24,26-28,41,44H,25H2,1H3. The van der Waals surface area contributed by atoms with Gasteiger partial charge in [-0.05, 0) is 97.8 Å². The molecule has 1 aromatic heterocycles. The highest BCUT2D eigenvalue weighted by Crippen LogP contribution is 2.52. The van der Waals surface area contributed by atoms with Crippen LogP contribution in [0.15, 0.2) is 157 Å². The Labute approximate surface area is 284 Å². The molecular weight excluding hydrogens is 599 g/mol. The van der Waals surface area contributed by atoms with Crippen LogP contribution in [-0.4, -0.2) is 5.71 Å². The molecule has 0 spiro atoms. The Kier molecular flexibility index (Phi) is 6.29. The Morgan fingerprint density at radius 2 is 1.31 bits per heavy atom. The predicted octanol–water partition coefficient (Wildman–Crippen LogP) is 12.7. The summed E-state index contributed by atoms with van der Waals surface area (Å²) < 4.78 is 2.77. The number of thiophene rings is 1. The van der Waals surface area contributed by atoms with E-state index >= 15 is 0 Å². The third-order valence-corrected chi connectivity index (χ3v) is 12.1. The number of nitrogens with zero attached hydrogens (tertiary/aromatic N) is 1. The zero-order valence-corrected chi connectivity index (χ0v) is 27.5. The van der Waals surface area contributed by atoms with Crippen molar-refractivity contribution in [1.29, 1.82) is 0 Å². The van der Waals surface area contributed by atoms with Crippen molar-refractivity contribution in [3.05, 3.63) is 174 Å². The van der Waals surface area contributed by atoms with Gasteiger partial charge < -0.3 is 0 Å². The lowest BCUT2D eigenvalue weighted by molar-refractivity contribution is 0.458. The topological polar surface area (TPSA) is 12.4 Å². The van der Waals surface area contributed by atoms with Crippen molar-refractivity contribution in [1.82, 2.24) is 0 Å². The maximum Gasteiger partial charge on any atom is 0.0668 e. The van der Waals surface area contributed by atoms with Gasteiger partial charge in [0.05, 0.1) is 11.4 Å². The van der Waals surface area contributed by atoms with Crippen molar-refractivity contribution in [2.45, 2.75) is 25.2 Å². The van der Waals surface area contributed by atoms with E-state index in [1.807, 2.05) is 11.3 Å². The van der Waals surface area contributed by atoms with Gasteiger partial charge in [0.25, 0.3) is 0 Å². The Bertz CT molecular complexity index is 2570. The van der Waals surface area contributed by atoms with Gasteiger partial charge in [0.15, 0.2) is 0 Å². The first kappa shape index (κ1) is 27.8. The quantitative estimate of drug-likeness (QED) is 0.184. The summed E-state index contributed by atoms with van der Waals surface area (Å²) >= 11 is 1.95. The van der Waals surface area contributed by atoms with Gasteiger partial charge in [0, 0.05) is 26.1 Å². The van der Waals surface area contributed by atoms with Crippen LogP contribution in [0.3, 0.4) is 0 Å². The monoisotopic (exact) mass is 631 g/mol. The maximum absolute atomic E-state index is 5.51. The fraction of sp³-hybridized carbons (Fsp3) is 0.109. The number of aliphatic imine (C=N–C) groups is 1. The minimum Gasteiger partial charge on any atom is -0.252 e. The summed E-state index contributed by atoms with van der Waals surface area (Å²) in [6, 6.07) is 56.1. The van der Waals surface area contributed by atoms with Crippen LogP contribution in [0.5, 0.6) is 0 Å².